The number of ketones is 1. The highest BCUT2D eigenvalue weighted by Crippen LogP contribution is 2.39. The second-order valence-corrected chi connectivity index (χ2v) is 4.27. The summed E-state index contributed by atoms with van der Waals surface area (Å²) >= 11 is 0. The number of hydrogen-bond acceptors (Lipinski definition) is 3. The number of carbonyl (C=O) groups excluding carboxylic acids is 1. The van der Waals surface area contributed by atoms with Gasteiger partial charge in [0.15, 0.2) is 0 Å². The highest BCUT2D eigenvalue weighted by atomic mass is 16.4. The van der Waals surface area contributed by atoms with E-state index in [0.717, 1.165) is 12.8 Å². The lowest BCUT2D eigenvalue weighted by Gasteiger charge is -2.20. The fourth-order valence-corrected chi connectivity index (χ4v) is 2.55. The van der Waals surface area contributed by atoms with Crippen LogP contribution in [0.2, 0.25) is 0 Å². The Morgan fingerprint density at radius 3 is 2.67 bits per heavy atom. The number of carbonyl (C=O) groups is 2. The smallest absolute Gasteiger partial charge is 0.304 e. The molecule has 0 saturated heterocycles. The van der Waals surface area contributed by atoms with Crippen molar-refractivity contribution in [2.45, 2.75) is 32.6 Å². The topological polar surface area (TPSA) is 74.6 Å². The van der Waals surface area contributed by atoms with Crippen LogP contribution in [-0.4, -0.2) is 28.6 Å². The zero-order chi connectivity index (χ0) is 11.4. The summed E-state index contributed by atoms with van der Waals surface area (Å²) in [5.74, 6) is -1.26. The maximum absolute atomic E-state index is 11.6. The maximum atomic E-state index is 11.6. The van der Waals surface area contributed by atoms with E-state index >= 15 is 0 Å². The summed E-state index contributed by atoms with van der Waals surface area (Å²) in [4.78, 5) is 22.2. The number of aliphatic hydroxyl groups excluding tert-OH is 1. The van der Waals surface area contributed by atoms with Crippen molar-refractivity contribution < 1.29 is 19.8 Å². The number of carboxylic acids is 1. The lowest BCUT2D eigenvalue weighted by atomic mass is 9.84. The molecular weight excluding hydrogens is 196 g/mol. The minimum Gasteiger partial charge on any atom is -0.481 e. The van der Waals surface area contributed by atoms with Crippen molar-refractivity contribution in [2.75, 3.05) is 6.61 Å². The molecule has 1 aliphatic carbocycles. The lowest BCUT2D eigenvalue weighted by Crippen LogP contribution is -2.22. The van der Waals surface area contributed by atoms with Gasteiger partial charge >= 0.3 is 5.97 Å². The highest BCUT2D eigenvalue weighted by molar-refractivity contribution is 5.87. The Morgan fingerprint density at radius 2 is 2.20 bits per heavy atom. The van der Waals surface area contributed by atoms with Gasteiger partial charge in [0.25, 0.3) is 0 Å². The summed E-state index contributed by atoms with van der Waals surface area (Å²) in [5.41, 5.74) is 0. The first-order chi connectivity index (χ1) is 7.10. The van der Waals surface area contributed by atoms with Crippen LogP contribution in [-0.2, 0) is 9.59 Å². The first kappa shape index (κ1) is 12.2. The van der Waals surface area contributed by atoms with Crippen LogP contribution in [0.25, 0.3) is 0 Å². The molecule has 0 aromatic carbocycles. The number of hydrogen-bond donors (Lipinski definition) is 2. The van der Waals surface area contributed by atoms with Crippen molar-refractivity contribution in [3.63, 3.8) is 0 Å². The quantitative estimate of drug-likeness (QED) is 0.718. The van der Waals surface area contributed by atoms with E-state index in [1.165, 1.54) is 0 Å². The summed E-state index contributed by atoms with van der Waals surface area (Å²) in [5, 5.41) is 17.9. The van der Waals surface area contributed by atoms with Crippen LogP contribution in [0.5, 0.6) is 0 Å². The van der Waals surface area contributed by atoms with E-state index in [0.29, 0.717) is 6.42 Å². The molecule has 1 aliphatic rings. The number of rotatable bonds is 5. The minimum atomic E-state index is -0.923. The van der Waals surface area contributed by atoms with Gasteiger partial charge in [-0.3, -0.25) is 9.59 Å². The highest BCUT2D eigenvalue weighted by Gasteiger charge is 2.41. The third kappa shape index (κ3) is 2.78. The van der Waals surface area contributed by atoms with Crippen molar-refractivity contribution in [1.29, 1.82) is 0 Å². The van der Waals surface area contributed by atoms with Gasteiger partial charge in [-0.1, -0.05) is 13.3 Å². The number of Topliss-reactive ketones (excluding diaryl/α,β-unsaturated/α-hetero) is 1. The van der Waals surface area contributed by atoms with E-state index < -0.39 is 5.97 Å². The van der Waals surface area contributed by atoms with Crippen LogP contribution < -0.4 is 0 Å². The van der Waals surface area contributed by atoms with Gasteiger partial charge in [0.05, 0.1) is 6.42 Å². The Labute approximate surface area is 89.3 Å². The van der Waals surface area contributed by atoms with E-state index in [9.17, 15) is 9.59 Å². The minimum absolute atomic E-state index is 0.00741. The van der Waals surface area contributed by atoms with Gasteiger partial charge < -0.3 is 10.2 Å². The first-order valence-electron chi connectivity index (χ1n) is 5.45. The average Bonchev–Trinajstić information content (AvgIpc) is 2.45. The molecule has 15 heavy (non-hydrogen) atoms. The van der Waals surface area contributed by atoms with Gasteiger partial charge in [-0.05, 0) is 18.3 Å². The fourth-order valence-electron chi connectivity index (χ4n) is 2.55. The summed E-state index contributed by atoms with van der Waals surface area (Å²) in [6, 6.07) is 0. The van der Waals surface area contributed by atoms with E-state index in [1.54, 1.807) is 0 Å². The predicted octanol–water partition coefficient (Wildman–Crippen LogP) is 1.07. The zero-order valence-electron chi connectivity index (χ0n) is 8.98. The van der Waals surface area contributed by atoms with E-state index in [2.05, 4.69) is 0 Å². The number of aliphatic hydroxyl groups is 1. The van der Waals surface area contributed by atoms with Crippen LogP contribution >= 0.6 is 0 Å². The van der Waals surface area contributed by atoms with Crippen LogP contribution in [0.3, 0.4) is 0 Å². The standard InChI is InChI=1S/C11H18O4/c1-2-3-8-7(6-12)4-10(13)9(8)5-11(14)15/h7-9,12H,2-6H2,1H3,(H,14,15)/t7-,8+,9-/m0/s1. The van der Waals surface area contributed by atoms with Crippen LogP contribution in [0.4, 0.5) is 0 Å². The maximum Gasteiger partial charge on any atom is 0.304 e. The van der Waals surface area contributed by atoms with Gasteiger partial charge in [-0.15, -0.1) is 0 Å². The molecule has 1 rings (SSSR count). The largest absolute Gasteiger partial charge is 0.481 e. The van der Waals surface area contributed by atoms with Crippen LogP contribution in [0.15, 0.2) is 0 Å². The Balaban J connectivity index is 2.72. The van der Waals surface area contributed by atoms with Crippen molar-refractivity contribution >= 4 is 11.8 Å². The van der Waals surface area contributed by atoms with Gasteiger partial charge in [0.1, 0.15) is 5.78 Å². The molecule has 4 nitrogen and oxygen atoms in total. The second-order valence-electron chi connectivity index (χ2n) is 4.27. The molecule has 0 aromatic heterocycles. The molecule has 86 valence electrons. The van der Waals surface area contributed by atoms with Crippen molar-refractivity contribution in [3.8, 4) is 0 Å². The molecule has 1 fully saturated rings. The molecule has 2 N–H and O–H groups in total. The molecule has 1 saturated carbocycles. The van der Waals surface area contributed by atoms with E-state index in [1.807, 2.05) is 6.92 Å². The van der Waals surface area contributed by atoms with Crippen LogP contribution in [0.1, 0.15) is 32.6 Å². The monoisotopic (exact) mass is 214 g/mol. The molecule has 0 spiro atoms. The Bertz CT molecular complexity index is 249. The summed E-state index contributed by atoms with van der Waals surface area (Å²) < 4.78 is 0. The van der Waals surface area contributed by atoms with Gasteiger partial charge in [-0.2, -0.15) is 0 Å². The normalized spacial score (nSPS) is 30.8. The zero-order valence-corrected chi connectivity index (χ0v) is 8.98. The molecule has 0 bridgehead atoms. The van der Waals surface area contributed by atoms with E-state index in [4.69, 9.17) is 10.2 Å². The molecule has 4 heteroatoms. The second kappa shape index (κ2) is 5.26. The van der Waals surface area contributed by atoms with Crippen molar-refractivity contribution in [1.82, 2.24) is 0 Å². The van der Waals surface area contributed by atoms with Crippen molar-refractivity contribution in [2.24, 2.45) is 17.8 Å². The molecule has 0 heterocycles. The first-order valence-corrected chi connectivity index (χ1v) is 5.45. The summed E-state index contributed by atoms with van der Waals surface area (Å²) in [6.07, 6.45) is 2.01. The fraction of sp³-hybridized carbons (Fsp3) is 0.818. The van der Waals surface area contributed by atoms with Crippen LogP contribution in [0, 0.1) is 17.8 Å². The third-order valence-electron chi connectivity index (χ3n) is 3.25. The molecule has 3 atom stereocenters. The van der Waals surface area contributed by atoms with Gasteiger partial charge in [-0.25, -0.2) is 0 Å². The summed E-state index contributed by atoms with van der Waals surface area (Å²) in [7, 11) is 0. The van der Waals surface area contributed by atoms with E-state index in [-0.39, 0.29) is 36.6 Å². The van der Waals surface area contributed by atoms with Crippen molar-refractivity contribution in [3.05, 3.63) is 0 Å². The molecule has 0 aromatic rings. The lowest BCUT2D eigenvalue weighted by molar-refractivity contribution is -0.140. The van der Waals surface area contributed by atoms with Gasteiger partial charge in [0.2, 0.25) is 0 Å². The molecule has 0 unspecified atom stereocenters. The molecule has 0 radical (unpaired) electrons. The number of aliphatic carboxylic acids is 1. The third-order valence-corrected chi connectivity index (χ3v) is 3.25. The average molecular weight is 214 g/mol. The Hall–Kier alpha value is -0.900. The molecule has 0 aliphatic heterocycles. The molecular formula is C11H18O4. The SMILES string of the molecule is CCC[C@@H]1[C@H](CO)CC(=O)[C@H]1CC(=O)O. The van der Waals surface area contributed by atoms with Gasteiger partial charge in [0, 0.05) is 18.9 Å². The Morgan fingerprint density at radius 1 is 1.53 bits per heavy atom. The molecule has 0 amide bonds. The Kier molecular flexibility index (Phi) is 4.27. The predicted molar refractivity (Wildman–Crippen MR) is 54.3 cm³/mol. The summed E-state index contributed by atoms with van der Waals surface area (Å²) in [6.45, 7) is 2.00. The number of carboxylic acid groups (broad SMARTS) is 1.